The third kappa shape index (κ3) is 3.37. The van der Waals surface area contributed by atoms with Crippen LogP contribution in [0.2, 0.25) is 0 Å². The predicted octanol–water partition coefficient (Wildman–Crippen LogP) is 5.93. The van der Waals surface area contributed by atoms with E-state index < -0.39 is 0 Å². The standard InChI is InChI=1S/C23H23NO2S/c1-3-13-24(18-11-9-16(4-2)10-12-18)23(25)21-14-17-15-26-20-8-6-5-7-19(20)22(17)27-21/h5-12,14H,3-4,13,15H2,1-2H3. The highest BCUT2D eigenvalue weighted by Gasteiger charge is 2.25. The largest absolute Gasteiger partial charge is 0.488 e. The molecule has 0 saturated heterocycles. The lowest BCUT2D eigenvalue weighted by atomic mass is 10.1. The Hall–Kier alpha value is -2.59. The summed E-state index contributed by atoms with van der Waals surface area (Å²) in [6.07, 6.45) is 1.91. The van der Waals surface area contributed by atoms with Crippen LogP contribution in [0.25, 0.3) is 10.4 Å². The summed E-state index contributed by atoms with van der Waals surface area (Å²) in [5, 5.41) is 0. The van der Waals surface area contributed by atoms with Crippen molar-refractivity contribution in [1.82, 2.24) is 0 Å². The second-order valence-electron chi connectivity index (χ2n) is 6.73. The molecule has 3 aromatic rings. The van der Waals surface area contributed by atoms with Gasteiger partial charge in [0, 0.05) is 28.2 Å². The fraction of sp³-hybridized carbons (Fsp3) is 0.261. The summed E-state index contributed by atoms with van der Waals surface area (Å²) in [6.45, 7) is 5.47. The van der Waals surface area contributed by atoms with Crippen molar-refractivity contribution in [1.29, 1.82) is 0 Å². The number of benzene rings is 2. The van der Waals surface area contributed by atoms with Crippen LogP contribution in [0, 0.1) is 0 Å². The number of hydrogen-bond acceptors (Lipinski definition) is 3. The molecule has 0 radical (unpaired) electrons. The van der Waals surface area contributed by atoms with E-state index in [9.17, 15) is 4.79 Å². The summed E-state index contributed by atoms with van der Waals surface area (Å²) >= 11 is 1.57. The molecule has 0 atom stereocenters. The van der Waals surface area contributed by atoms with Crippen molar-refractivity contribution < 1.29 is 9.53 Å². The van der Waals surface area contributed by atoms with Gasteiger partial charge in [0.1, 0.15) is 12.4 Å². The van der Waals surface area contributed by atoms with Crippen molar-refractivity contribution in [3.05, 3.63) is 70.6 Å². The summed E-state index contributed by atoms with van der Waals surface area (Å²) < 4.78 is 5.84. The molecular weight excluding hydrogens is 354 g/mol. The maximum Gasteiger partial charge on any atom is 0.268 e. The molecule has 0 fully saturated rings. The number of amides is 1. The molecule has 1 aromatic heterocycles. The van der Waals surface area contributed by atoms with Gasteiger partial charge in [0.25, 0.3) is 5.91 Å². The molecule has 1 amide bonds. The molecule has 1 aliphatic rings. The fourth-order valence-corrected chi connectivity index (χ4v) is 4.57. The maximum atomic E-state index is 13.3. The van der Waals surface area contributed by atoms with Crippen LogP contribution in [-0.2, 0) is 13.0 Å². The van der Waals surface area contributed by atoms with E-state index in [1.54, 1.807) is 11.3 Å². The summed E-state index contributed by atoms with van der Waals surface area (Å²) in [7, 11) is 0. The number of aryl methyl sites for hydroxylation is 1. The minimum absolute atomic E-state index is 0.0676. The SMILES string of the molecule is CCCN(C(=O)c1cc2c(s1)-c1ccccc1OC2)c1ccc(CC)cc1. The van der Waals surface area contributed by atoms with E-state index >= 15 is 0 Å². The average Bonchev–Trinajstić information content (AvgIpc) is 3.16. The molecule has 4 heteroatoms. The zero-order valence-corrected chi connectivity index (χ0v) is 16.5. The lowest BCUT2D eigenvalue weighted by Gasteiger charge is -2.22. The monoisotopic (exact) mass is 377 g/mol. The van der Waals surface area contributed by atoms with Gasteiger partial charge in [0.15, 0.2) is 0 Å². The normalized spacial score (nSPS) is 12.1. The minimum Gasteiger partial charge on any atom is -0.488 e. The van der Waals surface area contributed by atoms with Gasteiger partial charge in [-0.1, -0.05) is 38.1 Å². The number of carbonyl (C=O) groups is 1. The first-order valence-electron chi connectivity index (χ1n) is 9.47. The Morgan fingerprint density at radius 2 is 1.89 bits per heavy atom. The predicted molar refractivity (Wildman–Crippen MR) is 112 cm³/mol. The second-order valence-corrected chi connectivity index (χ2v) is 7.78. The van der Waals surface area contributed by atoms with E-state index in [4.69, 9.17) is 4.74 Å². The van der Waals surface area contributed by atoms with Gasteiger partial charge in [0.05, 0.1) is 4.88 Å². The smallest absolute Gasteiger partial charge is 0.268 e. The topological polar surface area (TPSA) is 29.5 Å². The van der Waals surface area contributed by atoms with Crippen molar-refractivity contribution in [2.45, 2.75) is 33.3 Å². The highest BCUT2D eigenvalue weighted by molar-refractivity contribution is 7.17. The van der Waals surface area contributed by atoms with Crippen LogP contribution in [0.4, 0.5) is 5.69 Å². The summed E-state index contributed by atoms with van der Waals surface area (Å²) in [6, 6.07) is 18.4. The molecule has 3 nitrogen and oxygen atoms in total. The van der Waals surface area contributed by atoms with Gasteiger partial charge >= 0.3 is 0 Å². The Morgan fingerprint density at radius 3 is 2.63 bits per heavy atom. The van der Waals surface area contributed by atoms with Gasteiger partial charge in [-0.3, -0.25) is 4.79 Å². The van der Waals surface area contributed by atoms with Gasteiger partial charge in [0.2, 0.25) is 0 Å². The van der Waals surface area contributed by atoms with E-state index in [1.807, 2.05) is 29.2 Å². The van der Waals surface area contributed by atoms with Crippen LogP contribution in [0.1, 0.15) is 41.1 Å². The lowest BCUT2D eigenvalue weighted by Crippen LogP contribution is -2.31. The number of thiophene rings is 1. The van der Waals surface area contributed by atoms with Gasteiger partial charge < -0.3 is 9.64 Å². The van der Waals surface area contributed by atoms with Gasteiger partial charge in [-0.05, 0) is 48.7 Å². The molecule has 0 saturated carbocycles. The summed E-state index contributed by atoms with van der Waals surface area (Å²) in [5.74, 6) is 0.962. The average molecular weight is 378 g/mol. The third-order valence-corrected chi connectivity index (χ3v) is 6.08. The number of carbonyl (C=O) groups excluding carboxylic acids is 1. The quantitative estimate of drug-likeness (QED) is 0.552. The number of fused-ring (bicyclic) bond motifs is 3. The number of para-hydroxylation sites is 1. The number of rotatable bonds is 5. The van der Waals surface area contributed by atoms with Crippen molar-refractivity contribution in [3.8, 4) is 16.2 Å². The van der Waals surface area contributed by atoms with Gasteiger partial charge in [-0.2, -0.15) is 0 Å². The lowest BCUT2D eigenvalue weighted by molar-refractivity contribution is 0.0990. The molecular formula is C23H23NO2S. The molecule has 2 aromatic carbocycles. The van der Waals surface area contributed by atoms with Crippen LogP contribution >= 0.6 is 11.3 Å². The first-order chi connectivity index (χ1) is 13.2. The molecule has 0 aliphatic carbocycles. The minimum atomic E-state index is 0.0676. The number of ether oxygens (including phenoxy) is 1. The molecule has 0 unspecified atom stereocenters. The summed E-state index contributed by atoms with van der Waals surface area (Å²) in [4.78, 5) is 17.1. The van der Waals surface area contributed by atoms with E-state index in [2.05, 4.69) is 44.2 Å². The third-order valence-electron chi connectivity index (χ3n) is 4.88. The molecule has 2 heterocycles. The molecule has 4 rings (SSSR count). The Labute approximate surface area is 164 Å². The van der Waals surface area contributed by atoms with Crippen molar-refractivity contribution >= 4 is 22.9 Å². The van der Waals surface area contributed by atoms with Gasteiger partial charge in [-0.15, -0.1) is 11.3 Å². The first kappa shape index (κ1) is 17.8. The van der Waals surface area contributed by atoms with Crippen molar-refractivity contribution in [2.24, 2.45) is 0 Å². The van der Waals surface area contributed by atoms with Crippen LogP contribution in [0.15, 0.2) is 54.6 Å². The molecule has 1 aliphatic heterocycles. The van der Waals surface area contributed by atoms with Crippen LogP contribution in [-0.4, -0.2) is 12.5 Å². The second kappa shape index (κ2) is 7.57. The van der Waals surface area contributed by atoms with Crippen LogP contribution in [0.3, 0.4) is 0 Å². The van der Waals surface area contributed by atoms with E-state index in [1.165, 1.54) is 5.56 Å². The molecule has 0 spiro atoms. The highest BCUT2D eigenvalue weighted by atomic mass is 32.1. The number of anilines is 1. The highest BCUT2D eigenvalue weighted by Crippen LogP contribution is 2.42. The zero-order valence-electron chi connectivity index (χ0n) is 15.7. The Morgan fingerprint density at radius 1 is 1.11 bits per heavy atom. The first-order valence-corrected chi connectivity index (χ1v) is 10.3. The molecule has 27 heavy (non-hydrogen) atoms. The zero-order chi connectivity index (χ0) is 18.8. The van der Waals surface area contributed by atoms with Crippen molar-refractivity contribution in [2.75, 3.05) is 11.4 Å². The van der Waals surface area contributed by atoms with Crippen LogP contribution in [0.5, 0.6) is 5.75 Å². The molecule has 0 N–H and O–H groups in total. The van der Waals surface area contributed by atoms with E-state index in [-0.39, 0.29) is 5.91 Å². The fourth-order valence-electron chi connectivity index (χ4n) is 3.42. The van der Waals surface area contributed by atoms with Crippen molar-refractivity contribution in [3.63, 3.8) is 0 Å². The van der Waals surface area contributed by atoms with E-state index in [0.717, 1.165) is 45.2 Å². The molecule has 0 bridgehead atoms. The number of hydrogen-bond donors (Lipinski definition) is 0. The van der Waals surface area contributed by atoms with Gasteiger partial charge in [-0.25, -0.2) is 0 Å². The Kier molecular flexibility index (Phi) is 4.99. The van der Waals surface area contributed by atoms with E-state index in [0.29, 0.717) is 13.2 Å². The summed E-state index contributed by atoms with van der Waals surface area (Å²) in [5.41, 5.74) is 4.42. The van der Waals surface area contributed by atoms with Crippen LogP contribution < -0.4 is 9.64 Å². The Bertz CT molecular complexity index is 959. The number of nitrogens with zero attached hydrogens (tertiary/aromatic N) is 1. The Balaban J connectivity index is 1.68. The molecule has 138 valence electrons. The maximum absolute atomic E-state index is 13.3.